The molecule has 1 aliphatic carbocycles. The molecule has 13 heteroatoms. The smallest absolute Gasteiger partial charge is 0.291 e. The molecule has 0 radical (unpaired) electrons. The Hall–Kier alpha value is -4.03. The Morgan fingerprint density at radius 1 is 1.13 bits per heavy atom. The number of hydrogen-bond acceptors (Lipinski definition) is 6. The molecule has 39 heavy (non-hydrogen) atoms. The number of aromatic nitrogens is 2. The second-order valence-electron chi connectivity index (χ2n) is 9.58. The van der Waals surface area contributed by atoms with Gasteiger partial charge in [-0.05, 0) is 43.2 Å². The summed E-state index contributed by atoms with van der Waals surface area (Å²) in [5.41, 5.74) is 6.21. The van der Waals surface area contributed by atoms with E-state index in [2.05, 4.69) is 20.6 Å². The molecular weight excluding hydrogens is 534 g/mol. The number of anilines is 1. The first kappa shape index (κ1) is 26.6. The van der Waals surface area contributed by atoms with E-state index in [1.54, 1.807) is 4.90 Å². The largest absolute Gasteiger partial charge is 0.494 e. The Labute approximate surface area is 226 Å². The minimum atomic E-state index is -1.16. The van der Waals surface area contributed by atoms with Crippen molar-refractivity contribution in [3.8, 4) is 17.0 Å². The maximum atomic E-state index is 14.4. The van der Waals surface area contributed by atoms with Crippen molar-refractivity contribution in [1.82, 2.24) is 20.2 Å². The predicted molar refractivity (Wildman–Crippen MR) is 138 cm³/mol. The van der Waals surface area contributed by atoms with Crippen LogP contribution in [0.4, 0.5) is 14.5 Å². The van der Waals surface area contributed by atoms with E-state index >= 15 is 0 Å². The van der Waals surface area contributed by atoms with Crippen LogP contribution in [0.3, 0.4) is 0 Å². The highest BCUT2D eigenvalue weighted by molar-refractivity contribution is 6.34. The van der Waals surface area contributed by atoms with Crippen LogP contribution in [0.25, 0.3) is 11.3 Å². The first-order valence-electron chi connectivity index (χ1n) is 12.2. The Balaban J connectivity index is 1.17. The molecule has 0 bridgehead atoms. The average molecular weight is 559 g/mol. The first-order valence-corrected chi connectivity index (χ1v) is 12.6. The van der Waals surface area contributed by atoms with Crippen molar-refractivity contribution in [1.29, 1.82) is 0 Å². The molecule has 2 aliphatic rings. The van der Waals surface area contributed by atoms with Crippen molar-refractivity contribution in [2.75, 3.05) is 25.5 Å². The summed E-state index contributed by atoms with van der Waals surface area (Å²) in [5.74, 6) is -3.77. The lowest BCUT2D eigenvalue weighted by atomic mass is 9.78. The van der Waals surface area contributed by atoms with Gasteiger partial charge in [0.2, 0.25) is 11.7 Å². The SMILES string of the molecule is COc1ccc(-c2cnc(C(=O)Nc3ccc(C(=O)N[C@H]4C[C@@H](C(=O)N5CC(N)C5)C4)c(Cl)c3)[nH]2)c(F)c1F. The van der Waals surface area contributed by atoms with Gasteiger partial charge in [-0.1, -0.05) is 11.6 Å². The fraction of sp³-hybridized carbons (Fsp3) is 0.308. The van der Waals surface area contributed by atoms with Crippen LogP contribution >= 0.6 is 11.6 Å². The third kappa shape index (κ3) is 5.30. The number of ether oxygens (including phenoxy) is 1. The van der Waals surface area contributed by atoms with Crippen LogP contribution in [0, 0.1) is 17.6 Å². The number of nitrogens with one attached hydrogen (secondary N) is 3. The number of carbonyl (C=O) groups is 3. The molecule has 0 spiro atoms. The van der Waals surface area contributed by atoms with Gasteiger partial charge < -0.3 is 31.0 Å². The average Bonchev–Trinajstić information content (AvgIpc) is 3.35. The molecule has 1 aliphatic heterocycles. The second-order valence-corrected chi connectivity index (χ2v) is 9.99. The summed E-state index contributed by atoms with van der Waals surface area (Å²) in [6.07, 6.45) is 2.32. The van der Waals surface area contributed by atoms with Crippen LogP contribution in [0.2, 0.25) is 5.02 Å². The van der Waals surface area contributed by atoms with Gasteiger partial charge in [-0.25, -0.2) is 9.37 Å². The molecule has 0 atom stereocenters. The molecule has 5 rings (SSSR count). The van der Waals surface area contributed by atoms with Crippen molar-refractivity contribution in [3.63, 3.8) is 0 Å². The molecule has 5 N–H and O–H groups in total. The number of hydrogen-bond donors (Lipinski definition) is 4. The zero-order valence-corrected chi connectivity index (χ0v) is 21.5. The van der Waals surface area contributed by atoms with E-state index in [0.29, 0.717) is 31.6 Å². The molecule has 204 valence electrons. The number of aromatic amines is 1. The number of carbonyl (C=O) groups excluding carboxylic acids is 3. The quantitative estimate of drug-likeness (QED) is 0.351. The maximum absolute atomic E-state index is 14.4. The molecular formula is C26H25ClF2N6O4. The number of likely N-dealkylation sites (tertiary alicyclic amines) is 1. The van der Waals surface area contributed by atoms with Gasteiger partial charge in [0.15, 0.2) is 17.4 Å². The highest BCUT2D eigenvalue weighted by Crippen LogP contribution is 2.32. The molecule has 2 fully saturated rings. The summed E-state index contributed by atoms with van der Waals surface area (Å²) in [6.45, 7) is 1.15. The third-order valence-electron chi connectivity index (χ3n) is 6.86. The van der Waals surface area contributed by atoms with Crippen molar-refractivity contribution in [2.45, 2.75) is 24.9 Å². The van der Waals surface area contributed by atoms with Gasteiger partial charge in [-0.3, -0.25) is 14.4 Å². The van der Waals surface area contributed by atoms with E-state index in [-0.39, 0.29) is 63.2 Å². The van der Waals surface area contributed by atoms with Crippen molar-refractivity contribution in [2.24, 2.45) is 11.7 Å². The summed E-state index contributed by atoms with van der Waals surface area (Å²) in [7, 11) is 1.22. The monoisotopic (exact) mass is 558 g/mol. The number of nitrogens with zero attached hydrogens (tertiary/aromatic N) is 2. The van der Waals surface area contributed by atoms with Crippen molar-refractivity contribution < 1.29 is 27.9 Å². The summed E-state index contributed by atoms with van der Waals surface area (Å²) >= 11 is 6.30. The van der Waals surface area contributed by atoms with E-state index in [9.17, 15) is 23.2 Å². The van der Waals surface area contributed by atoms with Crippen LogP contribution in [-0.2, 0) is 4.79 Å². The van der Waals surface area contributed by atoms with E-state index in [1.165, 1.54) is 43.6 Å². The molecule has 3 amide bonds. The van der Waals surface area contributed by atoms with Crippen LogP contribution in [0.1, 0.15) is 33.8 Å². The van der Waals surface area contributed by atoms with Crippen LogP contribution in [0.15, 0.2) is 36.5 Å². The number of benzene rings is 2. The van der Waals surface area contributed by atoms with Gasteiger partial charge in [0.25, 0.3) is 11.8 Å². The third-order valence-corrected chi connectivity index (χ3v) is 7.18. The number of halogens is 3. The zero-order chi connectivity index (χ0) is 27.8. The van der Waals surface area contributed by atoms with Gasteiger partial charge in [0, 0.05) is 42.3 Å². The van der Waals surface area contributed by atoms with Crippen LogP contribution in [-0.4, -0.2) is 64.9 Å². The lowest BCUT2D eigenvalue weighted by Gasteiger charge is -2.43. The lowest BCUT2D eigenvalue weighted by molar-refractivity contribution is -0.143. The molecule has 1 aromatic heterocycles. The Morgan fingerprint density at radius 3 is 2.54 bits per heavy atom. The summed E-state index contributed by atoms with van der Waals surface area (Å²) in [4.78, 5) is 46.0. The number of amides is 3. The van der Waals surface area contributed by atoms with E-state index < -0.39 is 17.5 Å². The second kappa shape index (κ2) is 10.6. The van der Waals surface area contributed by atoms with Gasteiger partial charge in [0.05, 0.1) is 29.6 Å². The van der Waals surface area contributed by atoms with Gasteiger partial charge in [-0.2, -0.15) is 4.39 Å². The molecule has 3 aromatic rings. The fourth-order valence-corrected chi connectivity index (χ4v) is 4.86. The Kier molecular flexibility index (Phi) is 7.23. The number of nitrogens with two attached hydrogens (primary N) is 1. The van der Waals surface area contributed by atoms with Gasteiger partial charge in [0.1, 0.15) is 0 Å². The molecule has 2 heterocycles. The van der Waals surface area contributed by atoms with Crippen molar-refractivity contribution >= 4 is 35.0 Å². The summed E-state index contributed by atoms with van der Waals surface area (Å²) in [6, 6.07) is 6.87. The molecule has 10 nitrogen and oxygen atoms in total. The number of rotatable bonds is 7. The molecule has 1 saturated carbocycles. The minimum Gasteiger partial charge on any atom is -0.494 e. The van der Waals surface area contributed by atoms with Crippen molar-refractivity contribution in [3.05, 3.63) is 64.6 Å². The number of imidazole rings is 1. The van der Waals surface area contributed by atoms with E-state index in [1.807, 2.05) is 0 Å². The molecule has 0 unspecified atom stereocenters. The highest BCUT2D eigenvalue weighted by atomic mass is 35.5. The Morgan fingerprint density at radius 2 is 1.87 bits per heavy atom. The zero-order valence-electron chi connectivity index (χ0n) is 20.8. The van der Waals surface area contributed by atoms with E-state index in [0.717, 1.165) is 0 Å². The topological polar surface area (TPSA) is 142 Å². The summed E-state index contributed by atoms with van der Waals surface area (Å²) in [5, 5.41) is 5.58. The minimum absolute atomic E-state index is 0.0471. The predicted octanol–water partition coefficient (Wildman–Crippen LogP) is 2.95. The molecule has 2 aromatic carbocycles. The standard InChI is InChI=1S/C26H25ClF2N6O4/c1-39-20-5-4-17(21(28)22(20)29)19-9-31-23(34-19)25(37)32-14-2-3-16(18(27)8-14)24(36)33-15-6-12(7-15)26(38)35-10-13(30)11-35/h2-5,8-9,12-13,15H,6-7,10-11,30H2,1H3,(H,31,34)(H,32,37)(H,33,36)/t12-,15+. The molecule has 1 saturated heterocycles. The highest BCUT2D eigenvalue weighted by Gasteiger charge is 2.40. The van der Waals surface area contributed by atoms with Gasteiger partial charge >= 0.3 is 0 Å². The van der Waals surface area contributed by atoms with Crippen LogP contribution < -0.4 is 21.1 Å². The summed E-state index contributed by atoms with van der Waals surface area (Å²) < 4.78 is 33.2. The van der Waals surface area contributed by atoms with E-state index in [4.69, 9.17) is 22.1 Å². The number of H-pyrrole nitrogens is 1. The Bertz CT molecular complexity index is 1450. The maximum Gasteiger partial charge on any atom is 0.291 e. The number of methoxy groups -OCH3 is 1. The first-order chi connectivity index (χ1) is 18.6. The lowest BCUT2D eigenvalue weighted by Crippen LogP contribution is -2.61. The normalized spacial score (nSPS) is 18.6. The fourth-order valence-electron chi connectivity index (χ4n) is 4.59. The van der Waals surface area contributed by atoms with Crippen LogP contribution in [0.5, 0.6) is 5.75 Å². The van der Waals surface area contributed by atoms with Gasteiger partial charge in [-0.15, -0.1) is 0 Å².